The van der Waals surface area contributed by atoms with E-state index in [0.29, 0.717) is 17.7 Å². The first kappa shape index (κ1) is 14.2. The van der Waals surface area contributed by atoms with Crippen LogP contribution in [0.4, 0.5) is 0 Å². The van der Waals surface area contributed by atoms with Crippen molar-refractivity contribution in [3.63, 3.8) is 0 Å². The van der Waals surface area contributed by atoms with E-state index in [9.17, 15) is 9.59 Å². The molecular weight excluding hydrogens is 254 g/mol. The van der Waals surface area contributed by atoms with Crippen LogP contribution < -0.4 is 0 Å². The third-order valence-corrected chi connectivity index (χ3v) is 3.46. The van der Waals surface area contributed by atoms with Gasteiger partial charge in [0.05, 0.1) is 24.7 Å². The van der Waals surface area contributed by atoms with Crippen molar-refractivity contribution >= 4 is 11.7 Å². The molecule has 1 aromatic carbocycles. The van der Waals surface area contributed by atoms with Gasteiger partial charge in [-0.15, -0.1) is 0 Å². The molecule has 0 spiro atoms. The van der Waals surface area contributed by atoms with Crippen LogP contribution in [0, 0.1) is 11.3 Å². The Balaban J connectivity index is 2.00. The molecule has 104 valence electrons. The molecule has 0 aromatic heterocycles. The Bertz CT molecular complexity index is 545. The number of nitrogens with zero attached hydrogens (tertiary/aromatic N) is 3. The first-order chi connectivity index (χ1) is 9.60. The molecule has 0 radical (unpaired) electrons. The van der Waals surface area contributed by atoms with Gasteiger partial charge in [0.15, 0.2) is 5.78 Å². The normalized spacial score (nSPS) is 16.6. The van der Waals surface area contributed by atoms with Gasteiger partial charge in [-0.3, -0.25) is 14.5 Å². The number of carbonyl (C=O) groups excluding carboxylic acids is 2. The number of rotatable bonds is 3. The Labute approximate surface area is 118 Å². The minimum atomic E-state index is -0.0214. The smallest absolute Gasteiger partial charge is 0.236 e. The quantitative estimate of drug-likeness (QED) is 0.766. The van der Waals surface area contributed by atoms with Gasteiger partial charge in [0, 0.05) is 25.7 Å². The molecule has 1 amide bonds. The highest BCUT2D eigenvalue weighted by Crippen LogP contribution is 2.08. The van der Waals surface area contributed by atoms with E-state index in [-0.39, 0.29) is 18.2 Å². The molecule has 0 saturated carbocycles. The van der Waals surface area contributed by atoms with E-state index < -0.39 is 0 Å². The summed E-state index contributed by atoms with van der Waals surface area (Å²) < 4.78 is 0. The predicted octanol–water partition coefficient (Wildman–Crippen LogP) is 0.905. The van der Waals surface area contributed by atoms with Crippen molar-refractivity contribution in [1.82, 2.24) is 9.80 Å². The number of benzene rings is 1. The van der Waals surface area contributed by atoms with Gasteiger partial charge in [-0.25, -0.2) is 0 Å². The van der Waals surface area contributed by atoms with E-state index in [1.807, 2.05) is 11.0 Å². The van der Waals surface area contributed by atoms with Gasteiger partial charge in [0.2, 0.25) is 5.91 Å². The van der Waals surface area contributed by atoms with E-state index in [0.717, 1.165) is 19.5 Å². The largest absolute Gasteiger partial charge is 0.345 e. The predicted molar refractivity (Wildman–Crippen MR) is 74.2 cm³/mol. The third-order valence-electron chi connectivity index (χ3n) is 3.46. The fourth-order valence-corrected chi connectivity index (χ4v) is 2.21. The lowest BCUT2D eigenvalue weighted by Crippen LogP contribution is -2.37. The van der Waals surface area contributed by atoms with Crippen LogP contribution in [0.25, 0.3) is 0 Å². The van der Waals surface area contributed by atoms with Crippen LogP contribution in [-0.4, -0.2) is 54.7 Å². The zero-order valence-corrected chi connectivity index (χ0v) is 11.5. The van der Waals surface area contributed by atoms with E-state index in [1.165, 1.54) is 0 Å². The average molecular weight is 271 g/mol. The average Bonchev–Trinajstić information content (AvgIpc) is 2.61. The summed E-state index contributed by atoms with van der Waals surface area (Å²) in [6.45, 7) is 2.02. The summed E-state index contributed by atoms with van der Waals surface area (Å²) in [7, 11) is 1.79. The maximum absolute atomic E-state index is 12.2. The second-order valence-corrected chi connectivity index (χ2v) is 4.99. The van der Waals surface area contributed by atoms with Crippen molar-refractivity contribution in [2.45, 2.75) is 6.42 Å². The highest BCUT2D eigenvalue weighted by molar-refractivity contribution is 5.98. The standard InChI is InChI=1S/C15H17N3O2/c1-17-7-2-8-18(11-15(17)20)10-14(19)13-5-3-12(9-16)4-6-13/h3-6H,2,7-8,10-11H2,1H3. The third kappa shape index (κ3) is 3.43. The minimum Gasteiger partial charge on any atom is -0.345 e. The molecule has 0 bridgehead atoms. The van der Waals surface area contributed by atoms with Crippen LogP contribution >= 0.6 is 0 Å². The zero-order chi connectivity index (χ0) is 14.5. The van der Waals surface area contributed by atoms with E-state index in [1.54, 1.807) is 36.2 Å². The Hall–Kier alpha value is -2.19. The molecule has 1 saturated heterocycles. The van der Waals surface area contributed by atoms with Gasteiger partial charge in [0.1, 0.15) is 0 Å². The number of amides is 1. The first-order valence-electron chi connectivity index (χ1n) is 6.60. The summed E-state index contributed by atoms with van der Waals surface area (Å²) in [6, 6.07) is 8.61. The Morgan fingerprint density at radius 2 is 2.00 bits per heavy atom. The first-order valence-corrected chi connectivity index (χ1v) is 6.60. The van der Waals surface area contributed by atoms with Crippen LogP contribution in [0.15, 0.2) is 24.3 Å². The molecule has 1 aliphatic rings. The number of nitriles is 1. The number of likely N-dealkylation sites (N-methyl/N-ethyl adjacent to an activating group) is 1. The monoisotopic (exact) mass is 271 g/mol. The summed E-state index contributed by atoms with van der Waals surface area (Å²) >= 11 is 0. The fraction of sp³-hybridized carbons (Fsp3) is 0.400. The summed E-state index contributed by atoms with van der Waals surface area (Å²) in [5.41, 5.74) is 1.11. The molecule has 2 rings (SSSR count). The van der Waals surface area contributed by atoms with Crippen LogP contribution in [0.2, 0.25) is 0 Å². The lowest BCUT2D eigenvalue weighted by Gasteiger charge is -2.18. The van der Waals surface area contributed by atoms with Crippen LogP contribution in [-0.2, 0) is 4.79 Å². The highest BCUT2D eigenvalue weighted by Gasteiger charge is 2.21. The van der Waals surface area contributed by atoms with Gasteiger partial charge in [-0.05, 0) is 18.6 Å². The molecule has 1 heterocycles. The minimum absolute atomic E-state index is 0.0214. The lowest BCUT2D eigenvalue weighted by atomic mass is 10.1. The van der Waals surface area contributed by atoms with Crippen molar-refractivity contribution in [3.05, 3.63) is 35.4 Å². The second kappa shape index (κ2) is 6.31. The molecule has 0 unspecified atom stereocenters. The van der Waals surface area contributed by atoms with E-state index in [4.69, 9.17) is 5.26 Å². The van der Waals surface area contributed by atoms with Crippen LogP contribution in [0.1, 0.15) is 22.3 Å². The zero-order valence-electron chi connectivity index (χ0n) is 11.5. The summed E-state index contributed by atoms with van der Waals surface area (Å²) in [4.78, 5) is 27.5. The number of hydrogen-bond donors (Lipinski definition) is 0. The highest BCUT2D eigenvalue weighted by atomic mass is 16.2. The van der Waals surface area contributed by atoms with Crippen molar-refractivity contribution in [3.8, 4) is 6.07 Å². The van der Waals surface area contributed by atoms with Crippen molar-refractivity contribution in [2.75, 3.05) is 33.2 Å². The number of hydrogen-bond acceptors (Lipinski definition) is 4. The molecule has 5 heteroatoms. The molecule has 0 N–H and O–H groups in total. The molecule has 1 aromatic rings. The molecular formula is C15H17N3O2. The SMILES string of the molecule is CN1CCCN(CC(=O)c2ccc(C#N)cc2)CC1=O. The van der Waals surface area contributed by atoms with Gasteiger partial charge >= 0.3 is 0 Å². The lowest BCUT2D eigenvalue weighted by molar-refractivity contribution is -0.129. The molecule has 20 heavy (non-hydrogen) atoms. The maximum Gasteiger partial charge on any atom is 0.236 e. The van der Waals surface area contributed by atoms with Crippen LogP contribution in [0.5, 0.6) is 0 Å². The second-order valence-electron chi connectivity index (χ2n) is 4.99. The van der Waals surface area contributed by atoms with E-state index >= 15 is 0 Å². The van der Waals surface area contributed by atoms with Gasteiger partial charge in [-0.1, -0.05) is 12.1 Å². The molecule has 0 atom stereocenters. The van der Waals surface area contributed by atoms with Gasteiger partial charge < -0.3 is 4.90 Å². The maximum atomic E-state index is 12.2. The Kier molecular flexibility index (Phi) is 4.49. The topological polar surface area (TPSA) is 64.4 Å². The van der Waals surface area contributed by atoms with Crippen molar-refractivity contribution in [1.29, 1.82) is 5.26 Å². The molecule has 1 fully saturated rings. The van der Waals surface area contributed by atoms with Crippen LogP contribution in [0.3, 0.4) is 0 Å². The number of Topliss-reactive ketones (excluding diaryl/α,β-unsaturated/α-hetero) is 1. The molecule has 5 nitrogen and oxygen atoms in total. The molecule has 0 aliphatic carbocycles. The number of carbonyl (C=O) groups is 2. The van der Waals surface area contributed by atoms with Gasteiger partial charge in [0.25, 0.3) is 0 Å². The van der Waals surface area contributed by atoms with Gasteiger partial charge in [-0.2, -0.15) is 5.26 Å². The molecule has 1 aliphatic heterocycles. The van der Waals surface area contributed by atoms with Crippen molar-refractivity contribution < 1.29 is 9.59 Å². The van der Waals surface area contributed by atoms with Crippen molar-refractivity contribution in [2.24, 2.45) is 0 Å². The summed E-state index contributed by atoms with van der Waals surface area (Å²) in [5, 5.41) is 8.73. The summed E-state index contributed by atoms with van der Waals surface area (Å²) in [6.07, 6.45) is 0.878. The Morgan fingerprint density at radius 1 is 1.30 bits per heavy atom. The summed E-state index contributed by atoms with van der Waals surface area (Å²) in [5.74, 6) is 0.0296. The Morgan fingerprint density at radius 3 is 2.65 bits per heavy atom. The number of ketones is 1. The fourth-order valence-electron chi connectivity index (χ4n) is 2.21. The van der Waals surface area contributed by atoms with E-state index in [2.05, 4.69) is 0 Å².